The number of H-pyrrole nitrogens is 1. The molecule has 1 aliphatic rings. The molecule has 1 saturated heterocycles. The molecule has 0 spiro atoms. The van der Waals surface area contributed by atoms with Crippen molar-refractivity contribution < 1.29 is 14.3 Å². The molecule has 0 aliphatic carbocycles. The van der Waals surface area contributed by atoms with Crippen molar-refractivity contribution in [2.45, 2.75) is 51.7 Å². The van der Waals surface area contributed by atoms with Crippen LogP contribution in [0.4, 0.5) is 4.79 Å². The molecule has 0 unspecified atom stereocenters. The Balaban J connectivity index is 1.58. The molecule has 1 fully saturated rings. The average molecular weight is 363 g/mol. The Morgan fingerprint density at radius 1 is 1.36 bits per heavy atom. The highest BCUT2D eigenvalue weighted by molar-refractivity contribution is 6.35. The molecular formula is C19H23ClN2O3. The van der Waals surface area contributed by atoms with Crippen LogP contribution >= 0.6 is 11.6 Å². The fourth-order valence-electron chi connectivity index (χ4n) is 2.98. The monoisotopic (exact) mass is 362 g/mol. The van der Waals surface area contributed by atoms with Crippen molar-refractivity contribution in [3.63, 3.8) is 0 Å². The number of nitrogens with zero attached hydrogens (tertiary/aromatic N) is 1. The number of likely N-dealkylation sites (tertiary alicyclic amines) is 1. The van der Waals surface area contributed by atoms with Gasteiger partial charge in [0.2, 0.25) is 0 Å². The van der Waals surface area contributed by atoms with Crippen molar-refractivity contribution in [1.82, 2.24) is 9.88 Å². The zero-order valence-electron chi connectivity index (χ0n) is 14.8. The van der Waals surface area contributed by atoms with Gasteiger partial charge in [0.25, 0.3) is 0 Å². The number of hydrogen-bond acceptors (Lipinski definition) is 3. The van der Waals surface area contributed by atoms with Gasteiger partial charge in [-0.25, -0.2) is 4.79 Å². The number of halogens is 1. The van der Waals surface area contributed by atoms with Gasteiger partial charge in [0.15, 0.2) is 5.78 Å². The fraction of sp³-hybridized carbons (Fsp3) is 0.474. The molecule has 2 heterocycles. The van der Waals surface area contributed by atoms with E-state index in [1.54, 1.807) is 6.20 Å². The van der Waals surface area contributed by atoms with Gasteiger partial charge in [-0.05, 0) is 51.3 Å². The van der Waals surface area contributed by atoms with Gasteiger partial charge in [0.1, 0.15) is 5.60 Å². The lowest BCUT2D eigenvalue weighted by molar-refractivity contribution is -0.128. The Kier molecular flexibility index (Phi) is 4.78. The molecule has 0 radical (unpaired) electrons. The fourth-order valence-corrected chi connectivity index (χ4v) is 3.20. The zero-order chi connectivity index (χ0) is 18.2. The van der Waals surface area contributed by atoms with E-state index in [2.05, 4.69) is 4.98 Å². The maximum atomic E-state index is 12.5. The van der Waals surface area contributed by atoms with Crippen LogP contribution in [-0.2, 0) is 16.0 Å². The molecule has 1 aromatic carbocycles. The van der Waals surface area contributed by atoms with E-state index < -0.39 is 11.7 Å². The lowest BCUT2D eigenvalue weighted by Crippen LogP contribution is -2.56. The quantitative estimate of drug-likeness (QED) is 0.880. The number of Topliss-reactive ketones (excluding diaryl/α,β-unsaturated/α-hetero) is 1. The second-order valence-electron chi connectivity index (χ2n) is 7.46. The number of amides is 1. The van der Waals surface area contributed by atoms with Crippen LogP contribution in [0.5, 0.6) is 0 Å². The van der Waals surface area contributed by atoms with Crippen LogP contribution < -0.4 is 0 Å². The Morgan fingerprint density at radius 3 is 2.76 bits per heavy atom. The summed E-state index contributed by atoms with van der Waals surface area (Å²) in [5, 5.41) is 1.64. The number of benzene rings is 1. The van der Waals surface area contributed by atoms with Gasteiger partial charge >= 0.3 is 6.09 Å². The minimum atomic E-state index is -0.550. The molecule has 2 aromatic rings. The molecule has 134 valence electrons. The normalized spacial score (nSPS) is 17.4. The van der Waals surface area contributed by atoms with Gasteiger partial charge in [-0.3, -0.25) is 9.69 Å². The van der Waals surface area contributed by atoms with Crippen molar-refractivity contribution in [1.29, 1.82) is 0 Å². The number of rotatable bonds is 4. The number of carbonyl (C=O) groups excluding carboxylic acids is 2. The first-order chi connectivity index (χ1) is 11.7. The highest BCUT2D eigenvalue weighted by Crippen LogP contribution is 2.26. The van der Waals surface area contributed by atoms with E-state index >= 15 is 0 Å². The first kappa shape index (κ1) is 17.8. The molecule has 3 rings (SSSR count). The van der Waals surface area contributed by atoms with Gasteiger partial charge < -0.3 is 9.72 Å². The van der Waals surface area contributed by atoms with Crippen LogP contribution in [0.1, 0.15) is 39.2 Å². The van der Waals surface area contributed by atoms with E-state index in [1.807, 2.05) is 39.0 Å². The maximum Gasteiger partial charge on any atom is 0.410 e. The molecule has 1 aromatic heterocycles. The molecular weight excluding hydrogens is 340 g/mol. The van der Waals surface area contributed by atoms with Crippen molar-refractivity contribution in [2.75, 3.05) is 6.54 Å². The van der Waals surface area contributed by atoms with Gasteiger partial charge in [-0.2, -0.15) is 0 Å². The molecule has 1 atom stereocenters. The first-order valence-electron chi connectivity index (χ1n) is 8.52. The predicted molar refractivity (Wildman–Crippen MR) is 98.0 cm³/mol. The SMILES string of the molecule is CC(C)(C)OC(=O)N1CC[C@H]1C(=O)CCc1ccc2[nH]cc(Cl)c2c1. The van der Waals surface area contributed by atoms with Crippen LogP contribution in [0, 0.1) is 0 Å². The molecule has 5 nitrogen and oxygen atoms in total. The Labute approximate surface area is 152 Å². The topological polar surface area (TPSA) is 62.4 Å². The molecule has 1 amide bonds. The summed E-state index contributed by atoms with van der Waals surface area (Å²) < 4.78 is 5.35. The number of aryl methyl sites for hydroxylation is 1. The van der Waals surface area contributed by atoms with Crippen LogP contribution in [0.25, 0.3) is 10.9 Å². The summed E-state index contributed by atoms with van der Waals surface area (Å²) in [7, 11) is 0. The first-order valence-corrected chi connectivity index (χ1v) is 8.90. The second kappa shape index (κ2) is 6.71. The van der Waals surface area contributed by atoms with E-state index in [0.717, 1.165) is 16.5 Å². The van der Waals surface area contributed by atoms with E-state index in [-0.39, 0.29) is 11.8 Å². The standard InChI is InChI=1S/C19H23ClN2O3/c1-19(2,3)25-18(24)22-9-8-16(22)17(23)7-5-12-4-6-15-13(10-12)14(20)11-21-15/h4,6,10-11,16,21H,5,7-9H2,1-3H3/t16-/m0/s1. The number of hydrogen-bond donors (Lipinski definition) is 1. The Bertz CT molecular complexity index is 807. The smallest absolute Gasteiger partial charge is 0.410 e. The number of carbonyl (C=O) groups is 2. The van der Waals surface area contributed by atoms with E-state index in [0.29, 0.717) is 30.8 Å². The van der Waals surface area contributed by atoms with Crippen LogP contribution in [0.2, 0.25) is 5.02 Å². The Morgan fingerprint density at radius 2 is 2.12 bits per heavy atom. The molecule has 1 aliphatic heterocycles. The van der Waals surface area contributed by atoms with Gasteiger partial charge in [-0.15, -0.1) is 0 Å². The largest absolute Gasteiger partial charge is 0.444 e. The van der Waals surface area contributed by atoms with Crippen LogP contribution in [0.15, 0.2) is 24.4 Å². The van der Waals surface area contributed by atoms with Crippen molar-refractivity contribution in [3.8, 4) is 0 Å². The minimum absolute atomic E-state index is 0.0809. The number of ether oxygens (including phenoxy) is 1. The second-order valence-corrected chi connectivity index (χ2v) is 7.87. The van der Waals surface area contributed by atoms with Crippen molar-refractivity contribution in [2.24, 2.45) is 0 Å². The third-order valence-corrected chi connectivity index (χ3v) is 4.69. The summed E-state index contributed by atoms with van der Waals surface area (Å²) in [6.07, 6.45) is 3.10. The van der Waals surface area contributed by atoms with Crippen LogP contribution in [-0.4, -0.2) is 39.9 Å². The minimum Gasteiger partial charge on any atom is -0.444 e. The summed E-state index contributed by atoms with van der Waals surface area (Å²) in [5.74, 6) is 0.0809. The lowest BCUT2D eigenvalue weighted by atomic mass is 9.94. The highest BCUT2D eigenvalue weighted by Gasteiger charge is 2.39. The third kappa shape index (κ3) is 3.98. The van der Waals surface area contributed by atoms with Gasteiger partial charge in [-0.1, -0.05) is 17.7 Å². The molecule has 0 bridgehead atoms. The van der Waals surface area contributed by atoms with Crippen LogP contribution in [0.3, 0.4) is 0 Å². The molecule has 0 saturated carbocycles. The third-order valence-electron chi connectivity index (χ3n) is 4.38. The summed E-state index contributed by atoms with van der Waals surface area (Å²) in [6.45, 7) is 6.05. The predicted octanol–water partition coefficient (Wildman–Crippen LogP) is 4.33. The number of aromatic amines is 1. The number of nitrogens with one attached hydrogen (secondary N) is 1. The summed E-state index contributed by atoms with van der Waals surface area (Å²) in [4.78, 5) is 29.2. The lowest BCUT2D eigenvalue weighted by Gasteiger charge is -2.40. The average Bonchev–Trinajstić information content (AvgIpc) is 2.83. The zero-order valence-corrected chi connectivity index (χ0v) is 15.5. The van der Waals surface area contributed by atoms with E-state index in [4.69, 9.17) is 16.3 Å². The Hall–Kier alpha value is -2.01. The van der Waals surface area contributed by atoms with E-state index in [9.17, 15) is 9.59 Å². The number of aromatic nitrogens is 1. The highest BCUT2D eigenvalue weighted by atomic mass is 35.5. The number of ketones is 1. The van der Waals surface area contributed by atoms with Gasteiger partial charge in [0.05, 0.1) is 11.1 Å². The summed E-state index contributed by atoms with van der Waals surface area (Å²) >= 11 is 6.14. The molecule has 6 heteroatoms. The summed E-state index contributed by atoms with van der Waals surface area (Å²) in [5.41, 5.74) is 1.49. The molecule has 1 N–H and O–H groups in total. The van der Waals surface area contributed by atoms with Gasteiger partial charge in [0, 0.05) is 30.1 Å². The van der Waals surface area contributed by atoms with E-state index in [1.165, 1.54) is 4.90 Å². The number of fused-ring (bicyclic) bond motifs is 1. The van der Waals surface area contributed by atoms with Crippen molar-refractivity contribution in [3.05, 3.63) is 35.0 Å². The summed E-state index contributed by atoms with van der Waals surface area (Å²) in [6, 6.07) is 5.62. The maximum absolute atomic E-state index is 12.5. The molecule has 25 heavy (non-hydrogen) atoms. The van der Waals surface area contributed by atoms with Crippen molar-refractivity contribution >= 4 is 34.4 Å².